The highest BCUT2D eigenvalue weighted by atomic mass is 16.5. The maximum atomic E-state index is 8.65. The molecule has 5 nitrogen and oxygen atoms in total. The lowest BCUT2D eigenvalue weighted by molar-refractivity contribution is 0.242. The Balaban J connectivity index is 2.71. The molecule has 3 N–H and O–H groups in total. The predicted molar refractivity (Wildman–Crippen MR) is 66.3 cm³/mol. The van der Waals surface area contributed by atoms with Crippen molar-refractivity contribution in [3.63, 3.8) is 0 Å². The average molecular weight is 237 g/mol. The first-order valence-corrected chi connectivity index (χ1v) is 5.49. The minimum Gasteiger partial charge on any atom is -0.491 e. The molecule has 0 aliphatic heterocycles. The Kier molecular flexibility index (Phi) is 4.31. The molecular weight excluding hydrogens is 218 g/mol. The van der Waals surface area contributed by atoms with Gasteiger partial charge in [-0.15, -0.1) is 0 Å². The van der Waals surface area contributed by atoms with Gasteiger partial charge in [-0.3, -0.25) is 4.98 Å². The van der Waals surface area contributed by atoms with Gasteiger partial charge >= 0.3 is 0 Å². The molecule has 94 valence electrons. The zero-order chi connectivity index (χ0) is 12.9. The van der Waals surface area contributed by atoms with Gasteiger partial charge in [0.05, 0.1) is 18.4 Å². The van der Waals surface area contributed by atoms with Crippen LogP contribution in [0.15, 0.2) is 23.6 Å². The highest BCUT2D eigenvalue weighted by Gasteiger charge is 2.12. The normalized spacial score (nSPS) is 12.5. The Labute approximate surface area is 101 Å². The van der Waals surface area contributed by atoms with Crippen LogP contribution in [0.1, 0.15) is 32.8 Å². The van der Waals surface area contributed by atoms with E-state index in [-0.39, 0.29) is 11.3 Å². The second kappa shape index (κ2) is 5.52. The summed E-state index contributed by atoms with van der Waals surface area (Å²) in [6.45, 7) is 7.00. The number of aromatic nitrogens is 1. The minimum absolute atomic E-state index is 0.0261. The zero-order valence-electron chi connectivity index (χ0n) is 10.5. The van der Waals surface area contributed by atoms with Crippen molar-refractivity contribution in [1.29, 1.82) is 0 Å². The van der Waals surface area contributed by atoms with Crippen LogP contribution in [0.2, 0.25) is 0 Å². The van der Waals surface area contributed by atoms with Crippen LogP contribution in [0.25, 0.3) is 0 Å². The van der Waals surface area contributed by atoms with Crippen LogP contribution in [-0.4, -0.2) is 22.6 Å². The fourth-order valence-electron chi connectivity index (χ4n) is 1.23. The topological polar surface area (TPSA) is 80.7 Å². The lowest BCUT2D eigenvalue weighted by atomic mass is 9.93. The largest absolute Gasteiger partial charge is 0.491 e. The van der Waals surface area contributed by atoms with E-state index in [9.17, 15) is 0 Å². The van der Waals surface area contributed by atoms with E-state index >= 15 is 0 Å². The SMILES string of the molecule is CC(C)(C)CCOc1cnccc1/C(N)=N/O. The fraction of sp³-hybridized carbons (Fsp3) is 0.500. The van der Waals surface area contributed by atoms with Crippen molar-refractivity contribution >= 4 is 5.84 Å². The average Bonchev–Trinajstić information content (AvgIpc) is 2.27. The lowest BCUT2D eigenvalue weighted by Crippen LogP contribution is -2.16. The third kappa shape index (κ3) is 4.30. The molecule has 1 rings (SSSR count). The Morgan fingerprint density at radius 2 is 2.24 bits per heavy atom. The van der Waals surface area contributed by atoms with E-state index in [1.165, 1.54) is 0 Å². The van der Waals surface area contributed by atoms with Crippen molar-refractivity contribution in [2.45, 2.75) is 27.2 Å². The summed E-state index contributed by atoms with van der Waals surface area (Å²) in [5, 5.41) is 11.6. The Morgan fingerprint density at radius 1 is 1.53 bits per heavy atom. The Bertz CT molecular complexity index is 397. The molecule has 0 spiro atoms. The number of amidine groups is 1. The number of nitrogens with two attached hydrogens (primary N) is 1. The second-order valence-corrected chi connectivity index (χ2v) is 5.02. The van der Waals surface area contributed by atoms with Gasteiger partial charge in [-0.2, -0.15) is 0 Å². The fourth-order valence-corrected chi connectivity index (χ4v) is 1.23. The van der Waals surface area contributed by atoms with E-state index in [1.54, 1.807) is 18.5 Å². The van der Waals surface area contributed by atoms with Crippen LogP contribution < -0.4 is 10.5 Å². The van der Waals surface area contributed by atoms with Gasteiger partial charge in [0.2, 0.25) is 0 Å². The van der Waals surface area contributed by atoms with Crippen LogP contribution >= 0.6 is 0 Å². The molecule has 0 aliphatic rings. The van der Waals surface area contributed by atoms with E-state index in [1.807, 2.05) is 0 Å². The first kappa shape index (κ1) is 13.3. The van der Waals surface area contributed by atoms with E-state index in [0.29, 0.717) is 17.9 Å². The molecule has 1 aromatic rings. The number of hydrogen-bond donors (Lipinski definition) is 2. The second-order valence-electron chi connectivity index (χ2n) is 5.02. The van der Waals surface area contributed by atoms with Crippen LogP contribution in [0.5, 0.6) is 5.75 Å². The van der Waals surface area contributed by atoms with Crippen LogP contribution in [0.3, 0.4) is 0 Å². The zero-order valence-corrected chi connectivity index (χ0v) is 10.5. The predicted octanol–water partition coefficient (Wildman–Crippen LogP) is 1.99. The molecule has 0 bridgehead atoms. The summed E-state index contributed by atoms with van der Waals surface area (Å²) < 4.78 is 5.60. The van der Waals surface area contributed by atoms with Crippen molar-refractivity contribution in [2.24, 2.45) is 16.3 Å². The highest BCUT2D eigenvalue weighted by molar-refractivity contribution is 5.99. The van der Waals surface area contributed by atoms with Crippen molar-refractivity contribution in [3.05, 3.63) is 24.0 Å². The van der Waals surface area contributed by atoms with Crippen molar-refractivity contribution in [1.82, 2.24) is 4.98 Å². The first-order chi connectivity index (χ1) is 7.94. The van der Waals surface area contributed by atoms with E-state index in [0.717, 1.165) is 6.42 Å². The van der Waals surface area contributed by atoms with Crippen molar-refractivity contribution in [2.75, 3.05) is 6.61 Å². The molecule has 0 amide bonds. The van der Waals surface area contributed by atoms with Gasteiger partial charge in [0.1, 0.15) is 5.75 Å². The van der Waals surface area contributed by atoms with Gasteiger partial charge in [-0.25, -0.2) is 0 Å². The Hall–Kier alpha value is -1.78. The molecule has 1 heterocycles. The summed E-state index contributed by atoms with van der Waals surface area (Å²) >= 11 is 0. The van der Waals surface area contributed by atoms with Gasteiger partial charge in [0, 0.05) is 6.20 Å². The van der Waals surface area contributed by atoms with Gasteiger partial charge in [-0.05, 0) is 17.9 Å². The molecule has 0 aliphatic carbocycles. The molecule has 17 heavy (non-hydrogen) atoms. The number of nitrogens with zero attached hydrogens (tertiary/aromatic N) is 2. The molecule has 5 heteroatoms. The van der Waals surface area contributed by atoms with Gasteiger partial charge in [0.15, 0.2) is 5.84 Å². The first-order valence-electron chi connectivity index (χ1n) is 5.49. The number of pyridine rings is 1. The third-order valence-electron chi connectivity index (χ3n) is 2.28. The quantitative estimate of drug-likeness (QED) is 0.363. The molecule has 1 aromatic heterocycles. The highest BCUT2D eigenvalue weighted by Crippen LogP contribution is 2.21. The monoisotopic (exact) mass is 237 g/mol. The molecule has 0 radical (unpaired) electrons. The smallest absolute Gasteiger partial charge is 0.173 e. The molecule has 0 saturated carbocycles. The molecule has 0 saturated heterocycles. The number of ether oxygens (including phenoxy) is 1. The van der Waals surface area contributed by atoms with Crippen molar-refractivity contribution in [3.8, 4) is 5.75 Å². The summed E-state index contributed by atoms with van der Waals surface area (Å²) in [5.74, 6) is 0.560. The van der Waals surface area contributed by atoms with E-state index in [4.69, 9.17) is 15.7 Å². The maximum Gasteiger partial charge on any atom is 0.173 e. The summed E-state index contributed by atoms with van der Waals surface area (Å²) in [4.78, 5) is 3.96. The van der Waals surface area contributed by atoms with Crippen LogP contribution in [0.4, 0.5) is 0 Å². The summed E-state index contributed by atoms with van der Waals surface area (Å²) in [7, 11) is 0. The van der Waals surface area contributed by atoms with Gasteiger partial charge in [-0.1, -0.05) is 25.9 Å². The summed E-state index contributed by atoms with van der Waals surface area (Å²) in [5.41, 5.74) is 6.30. The number of hydrogen-bond acceptors (Lipinski definition) is 4. The standard InChI is InChI=1S/C12H19N3O2/c1-12(2,3)5-7-17-10-8-14-6-4-9(10)11(13)15-16/h4,6,8,16H,5,7H2,1-3H3,(H2,13,15). The summed E-state index contributed by atoms with van der Waals surface area (Å²) in [6, 6.07) is 1.65. The Morgan fingerprint density at radius 3 is 2.82 bits per heavy atom. The molecule has 0 aromatic carbocycles. The third-order valence-corrected chi connectivity index (χ3v) is 2.28. The molecule has 0 atom stereocenters. The number of rotatable bonds is 4. The molecule has 0 unspecified atom stereocenters. The number of oxime groups is 1. The summed E-state index contributed by atoms with van der Waals surface area (Å²) in [6.07, 6.45) is 4.05. The van der Waals surface area contributed by atoms with Crippen LogP contribution in [-0.2, 0) is 0 Å². The van der Waals surface area contributed by atoms with Crippen LogP contribution in [0, 0.1) is 5.41 Å². The molecule has 0 fully saturated rings. The van der Waals surface area contributed by atoms with Crippen molar-refractivity contribution < 1.29 is 9.94 Å². The van der Waals surface area contributed by atoms with E-state index < -0.39 is 0 Å². The lowest BCUT2D eigenvalue weighted by Gasteiger charge is -2.18. The molecular formula is C12H19N3O2. The van der Waals surface area contributed by atoms with E-state index in [2.05, 4.69) is 30.9 Å². The van der Waals surface area contributed by atoms with Gasteiger partial charge < -0.3 is 15.7 Å². The maximum absolute atomic E-state index is 8.65. The van der Waals surface area contributed by atoms with Gasteiger partial charge in [0.25, 0.3) is 0 Å². The minimum atomic E-state index is 0.0261.